The third kappa shape index (κ3) is 5.55. The summed E-state index contributed by atoms with van der Waals surface area (Å²) in [6, 6.07) is 9.44. The molecule has 1 atom stereocenters. The van der Waals surface area contributed by atoms with E-state index in [1.165, 1.54) is 6.92 Å². The fourth-order valence-corrected chi connectivity index (χ4v) is 1.72. The van der Waals surface area contributed by atoms with Gasteiger partial charge < -0.3 is 9.47 Å². The second-order valence-electron chi connectivity index (χ2n) is 4.22. The zero-order valence-electron chi connectivity index (χ0n) is 11.4. The number of hydrogen-bond acceptors (Lipinski definition) is 4. The van der Waals surface area contributed by atoms with Gasteiger partial charge in [-0.2, -0.15) is 0 Å². The highest BCUT2D eigenvalue weighted by atomic mass is 16.5. The fourth-order valence-electron chi connectivity index (χ4n) is 1.72. The van der Waals surface area contributed by atoms with Crippen molar-refractivity contribution in [1.82, 2.24) is 0 Å². The van der Waals surface area contributed by atoms with Crippen molar-refractivity contribution < 1.29 is 19.1 Å². The van der Waals surface area contributed by atoms with E-state index in [4.69, 9.17) is 9.47 Å². The van der Waals surface area contributed by atoms with Gasteiger partial charge in [0.1, 0.15) is 17.5 Å². The molecule has 0 aliphatic carbocycles. The fraction of sp³-hybridized carbons (Fsp3) is 0.467. The molecule has 0 heterocycles. The maximum absolute atomic E-state index is 11.6. The third-order valence-corrected chi connectivity index (χ3v) is 2.71. The lowest BCUT2D eigenvalue weighted by Gasteiger charge is -2.12. The maximum atomic E-state index is 11.6. The van der Waals surface area contributed by atoms with Crippen LogP contribution in [-0.2, 0) is 14.3 Å². The molecule has 0 spiro atoms. The molecule has 1 aromatic carbocycles. The van der Waals surface area contributed by atoms with E-state index >= 15 is 0 Å². The molecule has 1 rings (SSSR count). The Labute approximate surface area is 113 Å². The lowest BCUT2D eigenvalue weighted by molar-refractivity contribution is -0.151. The zero-order chi connectivity index (χ0) is 14.1. The number of ketones is 1. The predicted octanol–water partition coefficient (Wildman–Crippen LogP) is 2.61. The summed E-state index contributed by atoms with van der Waals surface area (Å²) in [5.41, 5.74) is 0. The van der Waals surface area contributed by atoms with Crippen LogP contribution in [0.4, 0.5) is 0 Å². The molecule has 1 aromatic rings. The van der Waals surface area contributed by atoms with Crippen LogP contribution in [0, 0.1) is 5.92 Å². The van der Waals surface area contributed by atoms with Crippen LogP contribution in [0.1, 0.15) is 26.7 Å². The summed E-state index contributed by atoms with van der Waals surface area (Å²) in [5, 5.41) is 0. The molecular formula is C15H20O4. The number of carbonyl (C=O) groups excluding carboxylic acids is 2. The van der Waals surface area contributed by atoms with Gasteiger partial charge in [-0.3, -0.25) is 9.59 Å². The molecular weight excluding hydrogens is 244 g/mol. The van der Waals surface area contributed by atoms with Crippen molar-refractivity contribution >= 4 is 11.8 Å². The average Bonchev–Trinajstić information content (AvgIpc) is 2.39. The normalized spacial score (nSPS) is 11.7. The summed E-state index contributed by atoms with van der Waals surface area (Å²) < 4.78 is 10.4. The van der Waals surface area contributed by atoms with Gasteiger partial charge in [-0.05, 0) is 38.8 Å². The quantitative estimate of drug-likeness (QED) is 0.411. The average molecular weight is 264 g/mol. The number of ether oxygens (including phenoxy) is 2. The molecule has 0 radical (unpaired) electrons. The Bertz CT molecular complexity index is 400. The minimum atomic E-state index is -0.667. The number of esters is 1. The van der Waals surface area contributed by atoms with Crippen LogP contribution in [0.3, 0.4) is 0 Å². The van der Waals surface area contributed by atoms with E-state index in [0.717, 1.165) is 5.75 Å². The van der Waals surface area contributed by atoms with Gasteiger partial charge in [0.2, 0.25) is 0 Å². The standard InChI is InChI=1S/C15H20O4/c1-3-18-15(17)14(12(2)16)10-7-11-19-13-8-5-4-6-9-13/h4-6,8-9,14H,3,7,10-11H2,1-2H3. The van der Waals surface area contributed by atoms with Crippen molar-refractivity contribution in [1.29, 1.82) is 0 Å². The van der Waals surface area contributed by atoms with Gasteiger partial charge in [-0.25, -0.2) is 0 Å². The SMILES string of the molecule is CCOC(=O)C(CCCOc1ccccc1)C(C)=O. The minimum absolute atomic E-state index is 0.154. The van der Waals surface area contributed by atoms with Crippen LogP contribution in [0.5, 0.6) is 5.75 Å². The van der Waals surface area contributed by atoms with Crippen LogP contribution in [0.2, 0.25) is 0 Å². The van der Waals surface area contributed by atoms with Gasteiger partial charge in [0.25, 0.3) is 0 Å². The van der Waals surface area contributed by atoms with Crippen LogP contribution in [0.25, 0.3) is 0 Å². The summed E-state index contributed by atoms with van der Waals surface area (Å²) in [4.78, 5) is 22.9. The molecule has 19 heavy (non-hydrogen) atoms. The van der Waals surface area contributed by atoms with Crippen LogP contribution >= 0.6 is 0 Å². The number of rotatable bonds is 8. The van der Waals surface area contributed by atoms with E-state index in [-0.39, 0.29) is 5.78 Å². The highest BCUT2D eigenvalue weighted by Crippen LogP contribution is 2.13. The van der Waals surface area contributed by atoms with Gasteiger partial charge in [-0.15, -0.1) is 0 Å². The smallest absolute Gasteiger partial charge is 0.316 e. The number of para-hydroxylation sites is 1. The molecule has 0 amide bonds. The Morgan fingerprint density at radius 2 is 1.89 bits per heavy atom. The number of carbonyl (C=O) groups is 2. The first-order valence-electron chi connectivity index (χ1n) is 6.50. The van der Waals surface area contributed by atoms with Crippen molar-refractivity contribution in [2.75, 3.05) is 13.2 Å². The third-order valence-electron chi connectivity index (χ3n) is 2.71. The molecule has 0 bridgehead atoms. The van der Waals surface area contributed by atoms with Crippen molar-refractivity contribution in [3.63, 3.8) is 0 Å². The van der Waals surface area contributed by atoms with E-state index in [0.29, 0.717) is 26.1 Å². The summed E-state index contributed by atoms with van der Waals surface area (Å²) in [6.07, 6.45) is 1.10. The molecule has 0 fully saturated rings. The van der Waals surface area contributed by atoms with Crippen LogP contribution in [-0.4, -0.2) is 25.0 Å². The van der Waals surface area contributed by atoms with Gasteiger partial charge in [0.05, 0.1) is 13.2 Å². The van der Waals surface area contributed by atoms with E-state index in [9.17, 15) is 9.59 Å². The summed E-state index contributed by atoms with van der Waals surface area (Å²) in [6.45, 7) is 3.92. The Morgan fingerprint density at radius 3 is 2.47 bits per heavy atom. The molecule has 104 valence electrons. The molecule has 0 aliphatic rings. The van der Waals surface area contributed by atoms with Gasteiger partial charge in [0, 0.05) is 0 Å². The van der Waals surface area contributed by atoms with Crippen LogP contribution < -0.4 is 4.74 Å². The van der Waals surface area contributed by atoms with E-state index < -0.39 is 11.9 Å². The van der Waals surface area contributed by atoms with Gasteiger partial charge >= 0.3 is 5.97 Å². The van der Waals surface area contributed by atoms with Crippen LogP contribution in [0.15, 0.2) is 30.3 Å². The molecule has 0 aliphatic heterocycles. The highest BCUT2D eigenvalue weighted by Gasteiger charge is 2.23. The van der Waals surface area contributed by atoms with E-state index in [1.54, 1.807) is 6.92 Å². The molecule has 0 saturated carbocycles. The minimum Gasteiger partial charge on any atom is -0.494 e. The monoisotopic (exact) mass is 264 g/mol. The Balaban J connectivity index is 2.33. The highest BCUT2D eigenvalue weighted by molar-refractivity contribution is 5.97. The van der Waals surface area contributed by atoms with E-state index in [1.807, 2.05) is 30.3 Å². The second-order valence-corrected chi connectivity index (χ2v) is 4.22. The molecule has 4 nitrogen and oxygen atoms in total. The Kier molecular flexibility index (Phi) is 6.64. The summed E-state index contributed by atoms with van der Waals surface area (Å²) >= 11 is 0. The lowest BCUT2D eigenvalue weighted by Crippen LogP contribution is -2.24. The first kappa shape index (κ1) is 15.2. The molecule has 1 unspecified atom stereocenters. The topological polar surface area (TPSA) is 52.6 Å². The first-order chi connectivity index (χ1) is 9.15. The Hall–Kier alpha value is -1.84. The summed E-state index contributed by atoms with van der Waals surface area (Å²) in [7, 11) is 0. The van der Waals surface area contributed by atoms with Crippen molar-refractivity contribution in [3.05, 3.63) is 30.3 Å². The predicted molar refractivity (Wildman–Crippen MR) is 72.0 cm³/mol. The summed E-state index contributed by atoms with van der Waals surface area (Å²) in [5.74, 6) is -0.467. The van der Waals surface area contributed by atoms with Gasteiger partial charge in [-0.1, -0.05) is 18.2 Å². The Morgan fingerprint density at radius 1 is 1.21 bits per heavy atom. The molecule has 4 heteroatoms. The number of benzene rings is 1. The van der Waals surface area contributed by atoms with Crippen molar-refractivity contribution in [2.45, 2.75) is 26.7 Å². The molecule has 0 saturated heterocycles. The first-order valence-corrected chi connectivity index (χ1v) is 6.50. The van der Waals surface area contributed by atoms with Gasteiger partial charge in [0.15, 0.2) is 0 Å². The lowest BCUT2D eigenvalue weighted by atomic mass is 10.00. The van der Waals surface area contributed by atoms with Crippen molar-refractivity contribution in [3.8, 4) is 5.75 Å². The zero-order valence-corrected chi connectivity index (χ0v) is 11.4. The number of hydrogen-bond donors (Lipinski definition) is 0. The number of Topliss-reactive ketones (excluding diaryl/α,β-unsaturated/α-hetero) is 1. The largest absolute Gasteiger partial charge is 0.494 e. The van der Waals surface area contributed by atoms with E-state index in [2.05, 4.69) is 0 Å². The molecule has 0 aromatic heterocycles. The second kappa shape index (κ2) is 8.29. The maximum Gasteiger partial charge on any atom is 0.316 e. The molecule has 0 N–H and O–H groups in total. The van der Waals surface area contributed by atoms with Crippen molar-refractivity contribution in [2.24, 2.45) is 5.92 Å².